The smallest absolute Gasteiger partial charge is 0.182 e. The Bertz CT molecular complexity index is 926. The van der Waals surface area contributed by atoms with Gasteiger partial charge in [0.05, 0.1) is 27.2 Å². The Hall–Kier alpha value is -1.47. The van der Waals surface area contributed by atoms with Gasteiger partial charge in [-0.2, -0.15) is 0 Å². The Morgan fingerprint density at radius 1 is 1.19 bits per heavy atom. The summed E-state index contributed by atoms with van der Waals surface area (Å²) in [6, 6.07) is 13.9. The van der Waals surface area contributed by atoms with Crippen LogP contribution in [-0.2, 0) is 14.6 Å². The normalized spacial score (nSPS) is 25.0. The van der Waals surface area contributed by atoms with Crippen LogP contribution in [0.15, 0.2) is 53.4 Å². The van der Waals surface area contributed by atoms with E-state index in [1.54, 1.807) is 36.4 Å². The van der Waals surface area contributed by atoms with Gasteiger partial charge in [0.15, 0.2) is 9.84 Å². The zero-order valence-electron chi connectivity index (χ0n) is 14.5. The minimum absolute atomic E-state index is 0.144. The van der Waals surface area contributed by atoms with Gasteiger partial charge in [0.1, 0.15) is 0 Å². The Balaban J connectivity index is 2.11. The van der Waals surface area contributed by atoms with Crippen LogP contribution in [0.25, 0.3) is 0 Å². The molecule has 1 fully saturated rings. The van der Waals surface area contributed by atoms with E-state index in [0.717, 1.165) is 11.1 Å². The molecule has 3 unspecified atom stereocenters. The molecule has 1 saturated carbocycles. The molecule has 1 aliphatic carbocycles. The van der Waals surface area contributed by atoms with Gasteiger partial charge >= 0.3 is 0 Å². The molecule has 0 aromatic heterocycles. The molecule has 0 radical (unpaired) electrons. The van der Waals surface area contributed by atoms with Crippen LogP contribution in [0.1, 0.15) is 17.0 Å². The van der Waals surface area contributed by atoms with E-state index in [2.05, 4.69) is 0 Å². The fourth-order valence-electron chi connectivity index (χ4n) is 3.65. The van der Waals surface area contributed by atoms with Crippen LogP contribution in [0.4, 0.5) is 0 Å². The molecule has 2 aromatic carbocycles. The van der Waals surface area contributed by atoms with Crippen LogP contribution < -0.4 is 5.73 Å². The molecule has 0 heterocycles. The summed E-state index contributed by atoms with van der Waals surface area (Å²) in [5.41, 5.74) is 6.92. The fraction of sp³-hybridized carbons (Fsp3) is 0.316. The van der Waals surface area contributed by atoms with Crippen molar-refractivity contribution in [3.8, 4) is 0 Å². The predicted octanol–water partition coefficient (Wildman–Crippen LogP) is 3.51. The van der Waals surface area contributed by atoms with Crippen molar-refractivity contribution in [1.82, 2.24) is 0 Å². The van der Waals surface area contributed by atoms with E-state index in [0.29, 0.717) is 5.02 Å². The minimum atomic E-state index is -3.65. The van der Waals surface area contributed by atoms with E-state index in [4.69, 9.17) is 34.3 Å². The number of hydrogen-bond donors (Lipinski definition) is 1. The number of methoxy groups -OCH3 is 1. The molecule has 0 aliphatic heterocycles. The third-order valence-corrected chi connectivity index (χ3v) is 7.93. The molecule has 0 amide bonds. The average Bonchev–Trinajstić information content (AvgIpc) is 3.27. The van der Waals surface area contributed by atoms with Crippen molar-refractivity contribution >= 4 is 38.6 Å². The molecule has 7 heteroatoms. The SMILES string of the molecule is COCC1(C(N)=S)C(c2ccc(Cl)cc2)C1S(=O)(=O)c1ccc(C)cc1. The number of ether oxygens (including phenoxy) is 1. The number of benzene rings is 2. The highest BCUT2D eigenvalue weighted by Crippen LogP contribution is 2.64. The van der Waals surface area contributed by atoms with Crippen molar-refractivity contribution < 1.29 is 13.2 Å². The molecule has 4 nitrogen and oxygen atoms in total. The van der Waals surface area contributed by atoms with Gasteiger partial charge in [-0.15, -0.1) is 0 Å². The van der Waals surface area contributed by atoms with Crippen LogP contribution in [0.3, 0.4) is 0 Å². The van der Waals surface area contributed by atoms with Gasteiger partial charge in [-0.3, -0.25) is 0 Å². The monoisotopic (exact) mass is 409 g/mol. The maximum Gasteiger partial charge on any atom is 0.182 e. The number of rotatable bonds is 6. The van der Waals surface area contributed by atoms with Crippen LogP contribution >= 0.6 is 23.8 Å². The lowest BCUT2D eigenvalue weighted by molar-refractivity contribution is 0.166. The molecule has 0 saturated heterocycles. The first kappa shape index (κ1) is 19.3. The highest BCUT2D eigenvalue weighted by Gasteiger charge is 2.73. The first-order valence-corrected chi connectivity index (χ1v) is 10.4. The van der Waals surface area contributed by atoms with Crippen LogP contribution in [0, 0.1) is 12.3 Å². The molecule has 0 bridgehead atoms. The molecule has 3 rings (SSSR count). The lowest BCUT2D eigenvalue weighted by Crippen LogP contribution is -2.33. The van der Waals surface area contributed by atoms with Crippen molar-refractivity contribution in [3.63, 3.8) is 0 Å². The summed E-state index contributed by atoms with van der Waals surface area (Å²) in [6.45, 7) is 2.06. The molecular formula is C19H20ClNO3S2. The molecule has 0 spiro atoms. The Morgan fingerprint density at radius 2 is 1.77 bits per heavy atom. The third-order valence-electron chi connectivity index (χ3n) is 5.01. The molecular weight excluding hydrogens is 390 g/mol. The number of nitrogens with two attached hydrogens (primary N) is 1. The summed E-state index contributed by atoms with van der Waals surface area (Å²) in [5, 5.41) is -0.184. The van der Waals surface area contributed by atoms with E-state index in [9.17, 15) is 8.42 Å². The fourth-order valence-corrected chi connectivity index (χ4v) is 6.55. The molecule has 3 atom stereocenters. The number of halogens is 1. The highest BCUT2D eigenvalue weighted by atomic mass is 35.5. The van der Waals surface area contributed by atoms with Crippen LogP contribution in [-0.4, -0.2) is 32.4 Å². The largest absolute Gasteiger partial charge is 0.393 e. The average molecular weight is 410 g/mol. The number of sulfone groups is 1. The van der Waals surface area contributed by atoms with Crippen molar-refractivity contribution in [2.24, 2.45) is 11.1 Å². The molecule has 26 heavy (non-hydrogen) atoms. The minimum Gasteiger partial charge on any atom is -0.393 e. The number of aryl methyl sites for hydroxylation is 1. The first-order valence-electron chi connectivity index (χ1n) is 8.10. The van der Waals surface area contributed by atoms with Gasteiger partial charge in [-0.05, 0) is 36.8 Å². The van der Waals surface area contributed by atoms with E-state index < -0.39 is 20.5 Å². The Kier molecular flexibility index (Phi) is 5.14. The van der Waals surface area contributed by atoms with E-state index >= 15 is 0 Å². The first-order chi connectivity index (χ1) is 12.2. The molecule has 138 valence electrons. The van der Waals surface area contributed by atoms with Gasteiger partial charge in [0, 0.05) is 18.1 Å². The maximum atomic E-state index is 13.4. The molecule has 2 aromatic rings. The third kappa shape index (κ3) is 3.05. The summed E-state index contributed by atoms with van der Waals surface area (Å²) in [5.74, 6) is -0.372. The lowest BCUT2D eigenvalue weighted by atomic mass is 10.00. The number of thiocarbonyl (C=S) groups is 1. The van der Waals surface area contributed by atoms with Crippen molar-refractivity contribution in [1.29, 1.82) is 0 Å². The molecule has 2 N–H and O–H groups in total. The summed E-state index contributed by atoms with van der Waals surface area (Å²) < 4.78 is 32.0. The topological polar surface area (TPSA) is 69.4 Å². The standard InChI is InChI=1S/C19H20ClNO3S2/c1-12-3-9-15(10-4-12)26(22,23)17-16(13-5-7-14(20)8-6-13)19(17,11-24-2)18(21)25/h3-10,16-17H,11H2,1-2H3,(H2,21,25). The van der Waals surface area contributed by atoms with Crippen molar-refractivity contribution in [2.45, 2.75) is 23.0 Å². The second kappa shape index (κ2) is 6.93. The van der Waals surface area contributed by atoms with Gasteiger partial charge in [0.2, 0.25) is 0 Å². The van der Waals surface area contributed by atoms with Gasteiger partial charge in [-0.25, -0.2) is 8.42 Å². The van der Waals surface area contributed by atoms with Gasteiger partial charge < -0.3 is 10.5 Å². The zero-order valence-corrected chi connectivity index (χ0v) is 16.9. The summed E-state index contributed by atoms with van der Waals surface area (Å²) in [7, 11) is -2.12. The maximum absolute atomic E-state index is 13.4. The van der Waals surface area contributed by atoms with E-state index in [1.165, 1.54) is 7.11 Å². The summed E-state index contributed by atoms with van der Waals surface area (Å²) >= 11 is 11.3. The molecule has 1 aliphatic rings. The van der Waals surface area contributed by atoms with E-state index in [-0.39, 0.29) is 22.4 Å². The van der Waals surface area contributed by atoms with Crippen LogP contribution in [0.2, 0.25) is 5.02 Å². The Morgan fingerprint density at radius 3 is 2.27 bits per heavy atom. The summed E-state index contributed by atoms with van der Waals surface area (Å²) in [6.07, 6.45) is 0. The quantitative estimate of drug-likeness (QED) is 0.739. The number of hydrogen-bond acceptors (Lipinski definition) is 4. The Labute approximate surface area is 164 Å². The van der Waals surface area contributed by atoms with Crippen LogP contribution in [0.5, 0.6) is 0 Å². The second-order valence-electron chi connectivity index (χ2n) is 6.65. The second-order valence-corrected chi connectivity index (χ2v) is 9.59. The van der Waals surface area contributed by atoms with Crippen molar-refractivity contribution in [3.05, 3.63) is 64.7 Å². The van der Waals surface area contributed by atoms with E-state index in [1.807, 2.05) is 19.1 Å². The zero-order chi connectivity index (χ0) is 19.1. The van der Waals surface area contributed by atoms with Gasteiger partial charge in [0.25, 0.3) is 0 Å². The predicted molar refractivity (Wildman–Crippen MR) is 107 cm³/mol. The summed E-state index contributed by atoms with van der Waals surface area (Å²) in [4.78, 5) is 0.418. The highest BCUT2D eigenvalue weighted by molar-refractivity contribution is 7.92. The lowest BCUT2D eigenvalue weighted by Gasteiger charge is -2.16. The van der Waals surface area contributed by atoms with Gasteiger partial charge in [-0.1, -0.05) is 53.6 Å². The van der Waals surface area contributed by atoms with Crippen molar-refractivity contribution in [2.75, 3.05) is 13.7 Å².